The van der Waals surface area contributed by atoms with Gasteiger partial charge in [-0.1, -0.05) is 28.1 Å². The Bertz CT molecular complexity index is 622. The van der Waals surface area contributed by atoms with E-state index in [9.17, 15) is 4.79 Å². The third kappa shape index (κ3) is 8.98. The number of hydrogen-bond donors (Lipinski definition) is 2. The number of likely N-dealkylation sites (tertiary alicyclic amines) is 1. The topological polar surface area (TPSA) is 66.0 Å². The molecule has 1 heterocycles. The van der Waals surface area contributed by atoms with Gasteiger partial charge in [0.2, 0.25) is 0 Å². The molecule has 1 saturated heterocycles. The van der Waals surface area contributed by atoms with E-state index in [4.69, 9.17) is 9.73 Å². The number of hydrogen-bond acceptors (Lipinski definition) is 3. The zero-order valence-corrected chi connectivity index (χ0v) is 20.7. The smallest absolute Gasteiger partial charge is 0.409 e. The van der Waals surface area contributed by atoms with Crippen molar-refractivity contribution in [2.24, 2.45) is 4.99 Å². The number of guanidine groups is 1. The Morgan fingerprint density at radius 3 is 2.71 bits per heavy atom. The van der Waals surface area contributed by atoms with Crippen molar-refractivity contribution in [2.45, 2.75) is 45.6 Å². The molecule has 1 fully saturated rings. The van der Waals surface area contributed by atoms with Gasteiger partial charge < -0.3 is 20.3 Å². The van der Waals surface area contributed by atoms with E-state index in [1.807, 2.05) is 13.0 Å². The highest BCUT2D eigenvalue weighted by Gasteiger charge is 2.23. The van der Waals surface area contributed by atoms with E-state index < -0.39 is 0 Å². The maximum Gasteiger partial charge on any atom is 0.409 e. The van der Waals surface area contributed by atoms with E-state index in [2.05, 4.69) is 51.7 Å². The van der Waals surface area contributed by atoms with Gasteiger partial charge in [0.05, 0.1) is 6.61 Å². The molecule has 2 N–H and O–H groups in total. The molecule has 0 atom stereocenters. The van der Waals surface area contributed by atoms with Gasteiger partial charge in [-0.05, 0) is 57.2 Å². The maximum absolute atomic E-state index is 11.8. The lowest BCUT2D eigenvalue weighted by Crippen LogP contribution is -2.49. The van der Waals surface area contributed by atoms with E-state index in [1.54, 1.807) is 4.90 Å². The van der Waals surface area contributed by atoms with Crippen molar-refractivity contribution in [1.29, 1.82) is 0 Å². The average molecular weight is 567 g/mol. The second-order valence-electron chi connectivity index (χ2n) is 6.60. The molecule has 0 aromatic heterocycles. The van der Waals surface area contributed by atoms with E-state index in [1.165, 1.54) is 5.56 Å². The highest BCUT2D eigenvalue weighted by molar-refractivity contribution is 14.0. The molecular formula is C20H32BrIN4O2. The largest absolute Gasteiger partial charge is 0.450 e. The molecule has 1 aliphatic heterocycles. The summed E-state index contributed by atoms with van der Waals surface area (Å²) in [6.07, 6.45) is 3.63. The third-order valence-corrected chi connectivity index (χ3v) is 4.98. The molecule has 0 unspecified atom stereocenters. The Balaban J connectivity index is 0.00000392. The minimum absolute atomic E-state index is 0. The first-order valence-electron chi connectivity index (χ1n) is 9.83. The van der Waals surface area contributed by atoms with Crippen molar-refractivity contribution >= 4 is 52.0 Å². The first kappa shape index (κ1) is 25.0. The zero-order chi connectivity index (χ0) is 19.5. The Morgan fingerprint density at radius 1 is 1.32 bits per heavy atom. The number of nitrogens with zero attached hydrogens (tertiary/aromatic N) is 2. The van der Waals surface area contributed by atoms with Crippen LogP contribution in [0.25, 0.3) is 0 Å². The van der Waals surface area contributed by atoms with E-state index in [-0.39, 0.29) is 30.1 Å². The van der Waals surface area contributed by atoms with Crippen LogP contribution in [0.15, 0.2) is 33.7 Å². The fraction of sp³-hybridized carbons (Fsp3) is 0.600. The van der Waals surface area contributed by atoms with Gasteiger partial charge in [0.25, 0.3) is 0 Å². The molecular weight excluding hydrogens is 535 g/mol. The lowest BCUT2D eigenvalue weighted by molar-refractivity contribution is 0.0963. The molecule has 1 aromatic carbocycles. The summed E-state index contributed by atoms with van der Waals surface area (Å²) in [5, 5.41) is 6.83. The van der Waals surface area contributed by atoms with Gasteiger partial charge in [-0.3, -0.25) is 4.99 Å². The van der Waals surface area contributed by atoms with Crippen LogP contribution < -0.4 is 10.6 Å². The number of aryl methyl sites for hydroxylation is 1. The minimum atomic E-state index is -0.205. The first-order valence-corrected chi connectivity index (χ1v) is 10.6. The van der Waals surface area contributed by atoms with Crippen LogP contribution in [0.4, 0.5) is 4.79 Å². The number of rotatable bonds is 7. The predicted molar refractivity (Wildman–Crippen MR) is 129 cm³/mol. The van der Waals surface area contributed by atoms with Crippen molar-refractivity contribution < 1.29 is 9.53 Å². The summed E-state index contributed by atoms with van der Waals surface area (Å²) < 4.78 is 6.19. The standard InChI is InChI=1S/C20H31BrN4O2.HI/c1-3-22-19(23-12-6-8-16-7-5-9-17(21)15-16)24-18-10-13-25(14-11-18)20(26)27-4-2;/h5,7,9,15,18H,3-4,6,8,10-14H2,1-2H3,(H2,22,23,24);1H. The van der Waals surface area contributed by atoms with Gasteiger partial charge in [-0.2, -0.15) is 0 Å². The number of halogens is 2. The molecule has 1 aliphatic rings. The lowest BCUT2D eigenvalue weighted by Gasteiger charge is -2.32. The Kier molecular flexibility index (Phi) is 12.5. The maximum atomic E-state index is 11.8. The molecule has 0 saturated carbocycles. The number of ether oxygens (including phenoxy) is 1. The van der Waals surface area contributed by atoms with Crippen molar-refractivity contribution in [3.05, 3.63) is 34.3 Å². The minimum Gasteiger partial charge on any atom is -0.450 e. The fourth-order valence-electron chi connectivity index (χ4n) is 3.10. The van der Waals surface area contributed by atoms with E-state index >= 15 is 0 Å². The molecule has 28 heavy (non-hydrogen) atoms. The summed E-state index contributed by atoms with van der Waals surface area (Å²) in [5.41, 5.74) is 1.32. The van der Waals surface area contributed by atoms with Gasteiger partial charge in [-0.15, -0.1) is 24.0 Å². The van der Waals surface area contributed by atoms with Crippen LogP contribution in [-0.2, 0) is 11.2 Å². The highest BCUT2D eigenvalue weighted by Crippen LogP contribution is 2.13. The molecule has 2 rings (SSSR count). The van der Waals surface area contributed by atoms with E-state index in [0.717, 1.165) is 62.3 Å². The van der Waals surface area contributed by atoms with Gasteiger partial charge in [0.1, 0.15) is 0 Å². The van der Waals surface area contributed by atoms with Gasteiger partial charge in [-0.25, -0.2) is 4.79 Å². The summed E-state index contributed by atoms with van der Waals surface area (Å²) in [5.74, 6) is 0.862. The van der Waals surface area contributed by atoms with Crippen LogP contribution in [0.5, 0.6) is 0 Å². The summed E-state index contributed by atoms with van der Waals surface area (Å²) in [6.45, 7) is 7.39. The molecule has 1 amide bonds. The summed E-state index contributed by atoms with van der Waals surface area (Å²) in [6, 6.07) is 8.75. The zero-order valence-electron chi connectivity index (χ0n) is 16.7. The molecule has 0 spiro atoms. The number of carbonyl (C=O) groups is 1. The van der Waals surface area contributed by atoms with Crippen LogP contribution in [0.3, 0.4) is 0 Å². The van der Waals surface area contributed by atoms with Crippen LogP contribution >= 0.6 is 39.9 Å². The predicted octanol–water partition coefficient (Wildman–Crippen LogP) is 4.18. The molecule has 0 bridgehead atoms. The van der Waals surface area contributed by atoms with E-state index in [0.29, 0.717) is 12.6 Å². The van der Waals surface area contributed by atoms with Crippen molar-refractivity contribution in [3.8, 4) is 0 Å². The second kappa shape index (κ2) is 14.0. The molecule has 8 heteroatoms. The Hall–Kier alpha value is -1.03. The number of carbonyl (C=O) groups excluding carboxylic acids is 1. The number of benzene rings is 1. The quantitative estimate of drug-likeness (QED) is 0.225. The first-order chi connectivity index (χ1) is 13.1. The summed E-state index contributed by atoms with van der Waals surface area (Å²) >= 11 is 3.51. The van der Waals surface area contributed by atoms with Gasteiger partial charge in [0, 0.05) is 36.7 Å². The lowest BCUT2D eigenvalue weighted by atomic mass is 10.1. The summed E-state index contributed by atoms with van der Waals surface area (Å²) in [4.78, 5) is 18.3. The van der Waals surface area contributed by atoms with Crippen molar-refractivity contribution in [2.75, 3.05) is 32.8 Å². The Morgan fingerprint density at radius 2 is 2.07 bits per heavy atom. The monoisotopic (exact) mass is 566 g/mol. The molecule has 1 aromatic rings. The summed E-state index contributed by atoms with van der Waals surface area (Å²) in [7, 11) is 0. The van der Waals surface area contributed by atoms with Crippen molar-refractivity contribution in [3.63, 3.8) is 0 Å². The van der Waals surface area contributed by atoms with Crippen LogP contribution in [0.2, 0.25) is 0 Å². The normalized spacial score (nSPS) is 15.0. The number of aliphatic imine (C=N–C) groups is 1. The Labute approximate surface area is 194 Å². The SMILES string of the molecule is CCNC(=NCCCc1cccc(Br)c1)NC1CCN(C(=O)OCC)CC1.I. The number of nitrogens with one attached hydrogen (secondary N) is 2. The van der Waals surface area contributed by atoms with Crippen LogP contribution in [0.1, 0.15) is 38.7 Å². The molecule has 6 nitrogen and oxygen atoms in total. The third-order valence-electron chi connectivity index (χ3n) is 4.49. The van der Waals surface area contributed by atoms with Crippen LogP contribution in [-0.4, -0.2) is 55.8 Å². The highest BCUT2D eigenvalue weighted by atomic mass is 127. The number of amides is 1. The fourth-order valence-corrected chi connectivity index (χ4v) is 3.55. The van der Waals surface area contributed by atoms with Crippen LogP contribution in [0, 0.1) is 0 Å². The second-order valence-corrected chi connectivity index (χ2v) is 7.51. The average Bonchev–Trinajstić information content (AvgIpc) is 2.66. The van der Waals surface area contributed by atoms with Gasteiger partial charge in [0.15, 0.2) is 5.96 Å². The van der Waals surface area contributed by atoms with Crippen molar-refractivity contribution in [1.82, 2.24) is 15.5 Å². The molecule has 158 valence electrons. The molecule has 0 aliphatic carbocycles. The molecule has 0 radical (unpaired) electrons. The van der Waals surface area contributed by atoms with Gasteiger partial charge >= 0.3 is 6.09 Å². The number of piperidine rings is 1.